The molecule has 0 aromatic carbocycles. The van der Waals surface area contributed by atoms with E-state index in [1.54, 1.807) is 0 Å². The van der Waals surface area contributed by atoms with Gasteiger partial charge in [-0.3, -0.25) is 0 Å². The molecule has 0 bridgehead atoms. The Labute approximate surface area is 99.6 Å². The van der Waals surface area contributed by atoms with Crippen molar-refractivity contribution in [2.45, 2.75) is 18.9 Å². The van der Waals surface area contributed by atoms with Crippen molar-refractivity contribution in [2.24, 2.45) is 0 Å². The molecule has 0 saturated carbocycles. The molecule has 1 aliphatic heterocycles. The number of anilines is 1. The van der Waals surface area contributed by atoms with Gasteiger partial charge in [0.05, 0.1) is 5.02 Å². The molecule has 1 saturated heterocycles. The highest BCUT2D eigenvalue weighted by Gasteiger charge is 2.21. The molecule has 2 heterocycles. The van der Waals surface area contributed by atoms with Crippen LogP contribution in [-0.4, -0.2) is 31.2 Å². The summed E-state index contributed by atoms with van der Waals surface area (Å²) < 4.78 is 13.6. The van der Waals surface area contributed by atoms with E-state index in [9.17, 15) is 4.39 Å². The van der Waals surface area contributed by atoms with Crippen molar-refractivity contribution in [3.63, 3.8) is 0 Å². The van der Waals surface area contributed by atoms with Crippen LogP contribution < -0.4 is 10.2 Å². The fraction of sp³-hybridized carbons (Fsp3) is 0.545. The first-order chi connectivity index (χ1) is 7.68. The van der Waals surface area contributed by atoms with Gasteiger partial charge >= 0.3 is 0 Å². The molecule has 2 rings (SSSR count). The van der Waals surface area contributed by atoms with Gasteiger partial charge in [0.1, 0.15) is 0 Å². The molecular weight excluding hydrogens is 229 g/mol. The zero-order valence-electron chi connectivity index (χ0n) is 9.21. The lowest BCUT2D eigenvalue weighted by Crippen LogP contribution is -2.44. The molecule has 1 aromatic rings. The zero-order valence-corrected chi connectivity index (χ0v) is 9.97. The molecule has 0 amide bonds. The van der Waals surface area contributed by atoms with Crippen LogP contribution in [0, 0.1) is 5.82 Å². The molecule has 1 atom stereocenters. The van der Waals surface area contributed by atoms with E-state index in [2.05, 4.69) is 10.3 Å². The first-order valence-corrected chi connectivity index (χ1v) is 5.81. The lowest BCUT2D eigenvalue weighted by Gasteiger charge is -2.32. The van der Waals surface area contributed by atoms with Crippen molar-refractivity contribution in [3.05, 3.63) is 23.1 Å². The predicted octanol–water partition coefficient (Wildman–Crippen LogP) is 2.06. The fourth-order valence-corrected chi connectivity index (χ4v) is 2.15. The maximum Gasteiger partial charge on any atom is 0.167 e. The molecule has 1 aliphatic rings. The molecule has 5 heteroatoms. The van der Waals surface area contributed by atoms with Gasteiger partial charge in [0.2, 0.25) is 0 Å². The number of rotatable bonds is 2. The zero-order chi connectivity index (χ0) is 11.5. The summed E-state index contributed by atoms with van der Waals surface area (Å²) in [4.78, 5) is 5.93. The minimum absolute atomic E-state index is 0.303. The third-order valence-electron chi connectivity index (χ3n) is 2.94. The molecule has 1 unspecified atom stereocenters. The second kappa shape index (κ2) is 4.97. The number of hydrogen-bond acceptors (Lipinski definition) is 3. The second-order valence-corrected chi connectivity index (χ2v) is 4.51. The predicted molar refractivity (Wildman–Crippen MR) is 63.5 cm³/mol. The number of halogens is 2. The van der Waals surface area contributed by atoms with Crippen LogP contribution in [0.1, 0.15) is 12.8 Å². The van der Waals surface area contributed by atoms with Gasteiger partial charge in [0, 0.05) is 25.8 Å². The minimum atomic E-state index is -0.361. The maximum absolute atomic E-state index is 13.6. The van der Waals surface area contributed by atoms with E-state index < -0.39 is 0 Å². The van der Waals surface area contributed by atoms with Crippen LogP contribution in [0.25, 0.3) is 0 Å². The first-order valence-electron chi connectivity index (χ1n) is 5.43. The van der Waals surface area contributed by atoms with E-state index in [1.165, 1.54) is 12.3 Å². The van der Waals surface area contributed by atoms with Crippen LogP contribution >= 0.6 is 11.6 Å². The lowest BCUT2D eigenvalue weighted by atomic mass is 10.1. The Morgan fingerprint density at radius 1 is 1.62 bits per heavy atom. The monoisotopic (exact) mass is 243 g/mol. The van der Waals surface area contributed by atoms with Gasteiger partial charge in [0.15, 0.2) is 11.6 Å². The Hall–Kier alpha value is -0.870. The van der Waals surface area contributed by atoms with Crippen LogP contribution in [0.4, 0.5) is 10.2 Å². The van der Waals surface area contributed by atoms with Gasteiger partial charge in [-0.05, 0) is 25.5 Å². The molecule has 0 aliphatic carbocycles. The van der Waals surface area contributed by atoms with Gasteiger partial charge in [0.25, 0.3) is 0 Å². The lowest BCUT2D eigenvalue weighted by molar-refractivity contribution is 0.439. The number of hydrogen-bond donors (Lipinski definition) is 1. The Morgan fingerprint density at radius 2 is 2.44 bits per heavy atom. The summed E-state index contributed by atoms with van der Waals surface area (Å²) in [5, 5.41) is 3.63. The van der Waals surface area contributed by atoms with Crippen LogP contribution in [0.3, 0.4) is 0 Å². The summed E-state index contributed by atoms with van der Waals surface area (Å²) in [6, 6.07) is 1.60. The number of nitrogens with one attached hydrogen (secondary N) is 1. The third kappa shape index (κ3) is 2.44. The summed E-state index contributed by atoms with van der Waals surface area (Å²) in [6.07, 6.45) is 3.66. The maximum atomic E-state index is 13.6. The van der Waals surface area contributed by atoms with Crippen molar-refractivity contribution in [3.8, 4) is 0 Å². The first kappa shape index (κ1) is 11.6. The smallest absolute Gasteiger partial charge is 0.167 e. The van der Waals surface area contributed by atoms with Gasteiger partial charge in [-0.2, -0.15) is 0 Å². The summed E-state index contributed by atoms with van der Waals surface area (Å²) in [5.41, 5.74) is 0. The number of pyridine rings is 1. The largest absolute Gasteiger partial charge is 0.353 e. The van der Waals surface area contributed by atoms with E-state index in [4.69, 9.17) is 11.6 Å². The van der Waals surface area contributed by atoms with Gasteiger partial charge in [-0.1, -0.05) is 11.6 Å². The van der Waals surface area contributed by atoms with E-state index in [0.717, 1.165) is 25.9 Å². The topological polar surface area (TPSA) is 28.2 Å². The Bertz CT molecular complexity index is 366. The molecule has 1 aromatic heterocycles. The Kier molecular flexibility index (Phi) is 3.61. The molecule has 88 valence electrons. The highest BCUT2D eigenvalue weighted by Crippen LogP contribution is 2.22. The van der Waals surface area contributed by atoms with Gasteiger partial charge in [-0.25, -0.2) is 9.37 Å². The van der Waals surface area contributed by atoms with Crippen LogP contribution in [0.15, 0.2) is 12.3 Å². The molecule has 16 heavy (non-hydrogen) atoms. The summed E-state index contributed by atoms with van der Waals surface area (Å²) in [5.74, 6) is 0.0127. The van der Waals surface area contributed by atoms with Crippen molar-refractivity contribution < 1.29 is 4.39 Å². The molecule has 3 nitrogen and oxygen atoms in total. The van der Waals surface area contributed by atoms with Crippen molar-refractivity contribution in [1.82, 2.24) is 10.3 Å². The molecule has 1 N–H and O–H groups in total. The van der Waals surface area contributed by atoms with Crippen LogP contribution in [-0.2, 0) is 0 Å². The average molecular weight is 244 g/mol. The number of nitrogens with zero attached hydrogens (tertiary/aromatic N) is 2. The normalized spacial score (nSPS) is 20.8. The molecule has 1 fully saturated rings. The average Bonchev–Trinajstić information content (AvgIpc) is 2.29. The molecule has 0 spiro atoms. The van der Waals surface area contributed by atoms with E-state index in [1.807, 2.05) is 11.9 Å². The van der Waals surface area contributed by atoms with E-state index in [-0.39, 0.29) is 5.82 Å². The molecule has 0 radical (unpaired) electrons. The standard InChI is InChI=1S/C11H15ClFN3/c1-16(9-3-2-4-14-7-9)11-10(13)5-8(12)6-15-11/h5-6,9,14H,2-4,7H2,1H3. The summed E-state index contributed by atoms with van der Waals surface area (Å²) in [7, 11) is 1.87. The molecular formula is C11H15ClFN3. The summed E-state index contributed by atoms with van der Waals surface area (Å²) in [6.45, 7) is 1.92. The Balaban J connectivity index is 2.15. The van der Waals surface area contributed by atoms with Crippen molar-refractivity contribution in [1.29, 1.82) is 0 Å². The van der Waals surface area contributed by atoms with Crippen molar-refractivity contribution >= 4 is 17.4 Å². The number of piperidine rings is 1. The van der Waals surface area contributed by atoms with Crippen LogP contribution in [0.2, 0.25) is 5.02 Å². The van der Waals surface area contributed by atoms with Crippen molar-refractivity contribution in [2.75, 3.05) is 25.0 Å². The number of likely N-dealkylation sites (N-methyl/N-ethyl adjacent to an activating group) is 1. The Morgan fingerprint density at radius 3 is 3.06 bits per heavy atom. The van der Waals surface area contributed by atoms with Gasteiger partial charge < -0.3 is 10.2 Å². The highest BCUT2D eigenvalue weighted by molar-refractivity contribution is 6.30. The second-order valence-electron chi connectivity index (χ2n) is 4.07. The third-order valence-corrected chi connectivity index (χ3v) is 3.15. The van der Waals surface area contributed by atoms with E-state index in [0.29, 0.717) is 16.9 Å². The highest BCUT2D eigenvalue weighted by atomic mass is 35.5. The van der Waals surface area contributed by atoms with Crippen LogP contribution in [0.5, 0.6) is 0 Å². The number of aromatic nitrogens is 1. The fourth-order valence-electron chi connectivity index (χ4n) is 2.00. The minimum Gasteiger partial charge on any atom is -0.353 e. The SMILES string of the molecule is CN(c1ncc(Cl)cc1F)C1CCCNC1. The van der Waals surface area contributed by atoms with Gasteiger partial charge in [-0.15, -0.1) is 0 Å². The van der Waals surface area contributed by atoms with E-state index >= 15 is 0 Å². The quantitative estimate of drug-likeness (QED) is 0.862. The summed E-state index contributed by atoms with van der Waals surface area (Å²) >= 11 is 5.67.